The SMILES string of the molecule is CC/C=C\C/C=C\C/C=C\CCCCCCCCCC(=O)OCC(COC(=O)CCCCCCC/C=C\CCCCCCCC)OC(=O)CCCCCCC/C=C\C/C=C\C/C=C\CC. The van der Waals surface area contributed by atoms with Crippen molar-refractivity contribution < 1.29 is 28.6 Å². The minimum absolute atomic E-state index is 0.0913. The van der Waals surface area contributed by atoms with Crippen LogP contribution in [0.2, 0.25) is 0 Å². The zero-order chi connectivity index (χ0) is 47.2. The number of allylic oxidation sites excluding steroid dienone is 14. The molecule has 0 heterocycles. The van der Waals surface area contributed by atoms with Gasteiger partial charge in [-0.05, 0) is 109 Å². The molecule has 0 spiro atoms. The summed E-state index contributed by atoms with van der Waals surface area (Å²) in [6.07, 6.45) is 68.5. The van der Waals surface area contributed by atoms with Crippen molar-refractivity contribution in [2.45, 2.75) is 258 Å². The quantitative estimate of drug-likeness (QED) is 0.0262. The van der Waals surface area contributed by atoms with Crippen molar-refractivity contribution in [3.63, 3.8) is 0 Å². The molecule has 0 aliphatic heterocycles. The van der Waals surface area contributed by atoms with Crippen molar-refractivity contribution in [2.24, 2.45) is 0 Å². The number of hydrogen-bond acceptors (Lipinski definition) is 6. The molecule has 0 aliphatic carbocycles. The van der Waals surface area contributed by atoms with Gasteiger partial charge in [0, 0.05) is 19.3 Å². The second-order valence-electron chi connectivity index (χ2n) is 17.7. The number of ether oxygens (including phenoxy) is 3. The first-order chi connectivity index (χ1) is 32.0. The van der Waals surface area contributed by atoms with Crippen LogP contribution in [0.25, 0.3) is 0 Å². The summed E-state index contributed by atoms with van der Waals surface area (Å²) in [6, 6.07) is 0. The summed E-state index contributed by atoms with van der Waals surface area (Å²) in [5, 5.41) is 0. The van der Waals surface area contributed by atoms with Gasteiger partial charge < -0.3 is 14.2 Å². The first-order valence-electron chi connectivity index (χ1n) is 27.1. The Balaban J connectivity index is 4.44. The molecule has 0 bridgehead atoms. The van der Waals surface area contributed by atoms with E-state index in [0.29, 0.717) is 19.3 Å². The van der Waals surface area contributed by atoms with Gasteiger partial charge in [0.2, 0.25) is 0 Å². The molecule has 372 valence electrons. The Morgan fingerprint density at radius 1 is 0.323 bits per heavy atom. The van der Waals surface area contributed by atoms with Gasteiger partial charge in [-0.2, -0.15) is 0 Å². The molecule has 0 aromatic heterocycles. The van der Waals surface area contributed by atoms with Crippen molar-refractivity contribution >= 4 is 17.9 Å². The van der Waals surface area contributed by atoms with Gasteiger partial charge >= 0.3 is 17.9 Å². The van der Waals surface area contributed by atoms with Gasteiger partial charge in [0.05, 0.1) is 0 Å². The lowest BCUT2D eigenvalue weighted by molar-refractivity contribution is -0.167. The molecule has 1 atom stereocenters. The van der Waals surface area contributed by atoms with Crippen LogP contribution in [0.5, 0.6) is 0 Å². The highest BCUT2D eigenvalue weighted by molar-refractivity contribution is 5.71. The van der Waals surface area contributed by atoms with Gasteiger partial charge in [-0.25, -0.2) is 0 Å². The van der Waals surface area contributed by atoms with E-state index in [-0.39, 0.29) is 31.1 Å². The van der Waals surface area contributed by atoms with Crippen LogP contribution >= 0.6 is 0 Å². The van der Waals surface area contributed by atoms with E-state index in [2.05, 4.69) is 106 Å². The Kier molecular flexibility index (Phi) is 50.4. The van der Waals surface area contributed by atoms with Gasteiger partial charge in [0.15, 0.2) is 6.10 Å². The van der Waals surface area contributed by atoms with Crippen molar-refractivity contribution in [2.75, 3.05) is 13.2 Å². The Hall–Kier alpha value is -3.41. The standard InChI is InChI=1S/C59H100O6/c1-4-7-10-13-16-19-22-25-28-29-32-34-37-40-43-46-49-52-58(61)64-55-56(65-59(62)53-50-47-44-41-38-35-31-27-24-21-18-15-12-9-6-3)54-63-57(60)51-48-45-42-39-36-33-30-26-23-20-17-14-11-8-5-2/h7,9-10,12,16,18-19,21,25-28,30-31,56H,4-6,8,11,13-15,17,20,22-24,29,32-55H2,1-3H3/b10-7-,12-9-,19-16-,21-18-,28-25-,30-26-,31-27-. The molecule has 0 amide bonds. The third-order valence-electron chi connectivity index (χ3n) is 11.4. The number of rotatable bonds is 48. The maximum absolute atomic E-state index is 12.8. The summed E-state index contributed by atoms with van der Waals surface area (Å²) >= 11 is 0. The molecule has 6 nitrogen and oxygen atoms in total. The zero-order valence-electron chi connectivity index (χ0n) is 42.5. The number of carbonyl (C=O) groups is 3. The lowest BCUT2D eigenvalue weighted by atomic mass is 10.1. The van der Waals surface area contributed by atoms with Crippen LogP contribution in [-0.4, -0.2) is 37.2 Å². The second kappa shape index (κ2) is 53.2. The number of esters is 3. The fraction of sp³-hybridized carbons (Fsp3) is 0.712. The van der Waals surface area contributed by atoms with Gasteiger partial charge in [-0.1, -0.05) is 209 Å². The second-order valence-corrected chi connectivity index (χ2v) is 17.7. The average Bonchev–Trinajstić information content (AvgIpc) is 3.30. The minimum atomic E-state index is -0.793. The smallest absolute Gasteiger partial charge is 0.306 e. The minimum Gasteiger partial charge on any atom is -0.462 e. The highest BCUT2D eigenvalue weighted by Crippen LogP contribution is 2.14. The molecule has 0 saturated carbocycles. The van der Waals surface area contributed by atoms with Crippen LogP contribution in [0.3, 0.4) is 0 Å². The maximum atomic E-state index is 12.8. The molecule has 6 heteroatoms. The number of unbranched alkanes of at least 4 members (excludes halogenated alkanes) is 23. The van der Waals surface area contributed by atoms with E-state index in [1.807, 2.05) is 0 Å². The Morgan fingerprint density at radius 2 is 0.600 bits per heavy atom. The molecule has 0 radical (unpaired) electrons. The summed E-state index contributed by atoms with van der Waals surface area (Å²) in [5.74, 6) is -0.924. The van der Waals surface area contributed by atoms with Crippen LogP contribution in [0.1, 0.15) is 252 Å². The highest BCUT2D eigenvalue weighted by Gasteiger charge is 2.19. The fourth-order valence-electron chi connectivity index (χ4n) is 7.35. The summed E-state index contributed by atoms with van der Waals surface area (Å²) in [6.45, 7) is 6.39. The number of hydrogen-bond donors (Lipinski definition) is 0. The summed E-state index contributed by atoms with van der Waals surface area (Å²) in [4.78, 5) is 38.1. The van der Waals surface area contributed by atoms with Crippen molar-refractivity contribution in [1.82, 2.24) is 0 Å². The van der Waals surface area contributed by atoms with Crippen LogP contribution in [0, 0.1) is 0 Å². The summed E-state index contributed by atoms with van der Waals surface area (Å²) in [7, 11) is 0. The molecule has 0 rings (SSSR count). The fourth-order valence-corrected chi connectivity index (χ4v) is 7.35. The van der Waals surface area contributed by atoms with Crippen LogP contribution in [0.15, 0.2) is 85.1 Å². The molecule has 0 fully saturated rings. The largest absolute Gasteiger partial charge is 0.462 e. The topological polar surface area (TPSA) is 78.9 Å². The van der Waals surface area contributed by atoms with Crippen LogP contribution in [0.4, 0.5) is 0 Å². The lowest BCUT2D eigenvalue weighted by Gasteiger charge is -2.18. The average molecular weight is 905 g/mol. The Bertz CT molecular complexity index is 1270. The van der Waals surface area contributed by atoms with E-state index in [1.54, 1.807) is 0 Å². The van der Waals surface area contributed by atoms with E-state index in [4.69, 9.17) is 14.2 Å². The third kappa shape index (κ3) is 51.4. The van der Waals surface area contributed by atoms with E-state index < -0.39 is 6.10 Å². The molecule has 0 aromatic carbocycles. The molecular formula is C59H100O6. The van der Waals surface area contributed by atoms with Gasteiger partial charge in [-0.15, -0.1) is 0 Å². The normalized spacial score (nSPS) is 12.7. The maximum Gasteiger partial charge on any atom is 0.306 e. The highest BCUT2D eigenvalue weighted by atomic mass is 16.6. The molecule has 65 heavy (non-hydrogen) atoms. The van der Waals surface area contributed by atoms with Gasteiger partial charge in [0.25, 0.3) is 0 Å². The molecule has 0 N–H and O–H groups in total. The van der Waals surface area contributed by atoms with Gasteiger partial charge in [0.1, 0.15) is 13.2 Å². The first-order valence-corrected chi connectivity index (χ1v) is 27.1. The molecule has 0 aromatic rings. The molecule has 1 unspecified atom stereocenters. The Morgan fingerprint density at radius 3 is 0.954 bits per heavy atom. The molecule has 0 saturated heterocycles. The van der Waals surface area contributed by atoms with E-state index in [9.17, 15) is 14.4 Å². The molecular weight excluding hydrogens is 805 g/mol. The third-order valence-corrected chi connectivity index (χ3v) is 11.4. The van der Waals surface area contributed by atoms with Gasteiger partial charge in [-0.3, -0.25) is 14.4 Å². The van der Waals surface area contributed by atoms with Crippen molar-refractivity contribution in [3.05, 3.63) is 85.1 Å². The first kappa shape index (κ1) is 61.6. The summed E-state index contributed by atoms with van der Waals surface area (Å²) in [5.41, 5.74) is 0. The monoisotopic (exact) mass is 905 g/mol. The van der Waals surface area contributed by atoms with E-state index in [0.717, 1.165) is 128 Å². The zero-order valence-corrected chi connectivity index (χ0v) is 42.5. The van der Waals surface area contributed by atoms with Crippen LogP contribution in [-0.2, 0) is 28.6 Å². The van der Waals surface area contributed by atoms with Crippen molar-refractivity contribution in [3.8, 4) is 0 Å². The van der Waals surface area contributed by atoms with E-state index in [1.165, 1.54) is 83.5 Å². The summed E-state index contributed by atoms with van der Waals surface area (Å²) < 4.78 is 16.8. The number of carbonyl (C=O) groups excluding carboxylic acids is 3. The lowest BCUT2D eigenvalue weighted by Crippen LogP contribution is -2.30. The predicted molar refractivity (Wildman–Crippen MR) is 279 cm³/mol. The van der Waals surface area contributed by atoms with E-state index >= 15 is 0 Å². The Labute approximate surface area is 401 Å². The van der Waals surface area contributed by atoms with Crippen LogP contribution < -0.4 is 0 Å². The molecule has 0 aliphatic rings. The predicted octanol–water partition coefficient (Wildman–Crippen LogP) is 18.0. The van der Waals surface area contributed by atoms with Crippen molar-refractivity contribution in [1.29, 1.82) is 0 Å².